The van der Waals surface area contributed by atoms with Crippen LogP contribution in [-0.4, -0.2) is 23.0 Å². The quantitative estimate of drug-likeness (QED) is 0.916. The fourth-order valence-electron chi connectivity index (χ4n) is 1.79. The van der Waals surface area contributed by atoms with Crippen LogP contribution in [0.3, 0.4) is 0 Å². The van der Waals surface area contributed by atoms with Crippen molar-refractivity contribution in [1.29, 1.82) is 0 Å². The van der Waals surface area contributed by atoms with Crippen LogP contribution in [0.2, 0.25) is 0 Å². The summed E-state index contributed by atoms with van der Waals surface area (Å²) in [6, 6.07) is 5.33. The number of nitrogens with zero attached hydrogens (tertiary/aromatic N) is 2. The van der Waals surface area contributed by atoms with Gasteiger partial charge in [0, 0.05) is 18.0 Å². The van der Waals surface area contributed by atoms with Crippen LogP contribution in [0.25, 0.3) is 0 Å². The third kappa shape index (κ3) is 2.88. The van der Waals surface area contributed by atoms with Crippen LogP contribution in [0.15, 0.2) is 30.6 Å². The number of rotatable bonds is 3. The van der Waals surface area contributed by atoms with Gasteiger partial charge in [-0.2, -0.15) is 0 Å². The summed E-state index contributed by atoms with van der Waals surface area (Å²) in [7, 11) is 1.61. The van der Waals surface area contributed by atoms with Gasteiger partial charge in [-0.3, -0.25) is 10.1 Å². The molecule has 0 aliphatic rings. The van der Waals surface area contributed by atoms with Crippen molar-refractivity contribution in [3.63, 3.8) is 0 Å². The SMILES string of the molecule is COc1cc(C)c(C(=O)Nc2ncccn2)cc1C. The summed E-state index contributed by atoms with van der Waals surface area (Å²) >= 11 is 0. The highest BCUT2D eigenvalue weighted by molar-refractivity contribution is 6.04. The molecule has 19 heavy (non-hydrogen) atoms. The molecular formula is C14H15N3O2. The van der Waals surface area contributed by atoms with E-state index in [-0.39, 0.29) is 5.91 Å². The van der Waals surface area contributed by atoms with Gasteiger partial charge in [0.15, 0.2) is 0 Å². The normalized spacial score (nSPS) is 10.1. The lowest BCUT2D eigenvalue weighted by Crippen LogP contribution is -2.15. The fraction of sp³-hybridized carbons (Fsp3) is 0.214. The average Bonchev–Trinajstić information content (AvgIpc) is 2.42. The van der Waals surface area contributed by atoms with Gasteiger partial charge in [-0.05, 0) is 43.2 Å². The number of aryl methyl sites for hydroxylation is 2. The molecule has 2 aromatic rings. The molecule has 0 saturated carbocycles. The van der Waals surface area contributed by atoms with Gasteiger partial charge in [-0.15, -0.1) is 0 Å². The van der Waals surface area contributed by atoms with Gasteiger partial charge in [-0.1, -0.05) is 0 Å². The van der Waals surface area contributed by atoms with Crippen LogP contribution < -0.4 is 10.1 Å². The van der Waals surface area contributed by atoms with E-state index in [2.05, 4.69) is 15.3 Å². The molecule has 0 spiro atoms. The van der Waals surface area contributed by atoms with Gasteiger partial charge in [0.2, 0.25) is 5.95 Å². The molecule has 1 amide bonds. The second kappa shape index (κ2) is 5.48. The summed E-state index contributed by atoms with van der Waals surface area (Å²) in [6.45, 7) is 3.76. The van der Waals surface area contributed by atoms with Crippen molar-refractivity contribution in [3.8, 4) is 5.75 Å². The highest BCUT2D eigenvalue weighted by Gasteiger charge is 2.13. The molecule has 0 aliphatic heterocycles. The zero-order chi connectivity index (χ0) is 13.8. The zero-order valence-electron chi connectivity index (χ0n) is 11.1. The Morgan fingerprint density at radius 2 is 1.84 bits per heavy atom. The number of hydrogen-bond acceptors (Lipinski definition) is 4. The number of nitrogens with one attached hydrogen (secondary N) is 1. The molecule has 0 aliphatic carbocycles. The maximum Gasteiger partial charge on any atom is 0.258 e. The van der Waals surface area contributed by atoms with E-state index in [0.29, 0.717) is 11.5 Å². The number of methoxy groups -OCH3 is 1. The molecule has 0 atom stereocenters. The Morgan fingerprint density at radius 1 is 1.16 bits per heavy atom. The molecule has 1 heterocycles. The Balaban J connectivity index is 2.27. The summed E-state index contributed by atoms with van der Waals surface area (Å²) < 4.78 is 5.22. The third-order valence-electron chi connectivity index (χ3n) is 2.78. The minimum Gasteiger partial charge on any atom is -0.496 e. The monoisotopic (exact) mass is 257 g/mol. The van der Waals surface area contributed by atoms with E-state index in [1.165, 1.54) is 0 Å². The molecule has 1 aromatic heterocycles. The first-order valence-electron chi connectivity index (χ1n) is 5.85. The average molecular weight is 257 g/mol. The summed E-state index contributed by atoms with van der Waals surface area (Å²) in [5.74, 6) is 0.833. The molecule has 0 radical (unpaired) electrons. The second-order valence-corrected chi connectivity index (χ2v) is 4.16. The Bertz CT molecular complexity index is 597. The van der Waals surface area contributed by atoms with Crippen LogP contribution in [0.4, 0.5) is 5.95 Å². The number of anilines is 1. The van der Waals surface area contributed by atoms with Crippen molar-refractivity contribution in [2.45, 2.75) is 13.8 Å². The van der Waals surface area contributed by atoms with E-state index in [1.54, 1.807) is 31.6 Å². The summed E-state index contributed by atoms with van der Waals surface area (Å²) in [4.78, 5) is 20.1. The Hall–Kier alpha value is -2.43. The van der Waals surface area contributed by atoms with E-state index in [1.807, 2.05) is 19.9 Å². The molecule has 98 valence electrons. The first kappa shape index (κ1) is 13.0. The lowest BCUT2D eigenvalue weighted by Gasteiger charge is -2.10. The number of ether oxygens (including phenoxy) is 1. The van der Waals surface area contributed by atoms with Crippen molar-refractivity contribution in [2.24, 2.45) is 0 Å². The van der Waals surface area contributed by atoms with Gasteiger partial charge >= 0.3 is 0 Å². The third-order valence-corrected chi connectivity index (χ3v) is 2.78. The van der Waals surface area contributed by atoms with E-state index in [0.717, 1.165) is 16.9 Å². The minimum absolute atomic E-state index is 0.227. The standard InChI is InChI=1S/C14H15N3O2/c1-9-8-12(19-3)10(2)7-11(9)13(18)17-14-15-5-4-6-16-14/h4-8H,1-3H3,(H,15,16,17,18). The van der Waals surface area contributed by atoms with Gasteiger partial charge in [0.1, 0.15) is 5.75 Å². The lowest BCUT2D eigenvalue weighted by atomic mass is 10.0. The van der Waals surface area contributed by atoms with Crippen LogP contribution in [0, 0.1) is 13.8 Å². The zero-order valence-corrected chi connectivity index (χ0v) is 11.1. The number of hydrogen-bond donors (Lipinski definition) is 1. The topological polar surface area (TPSA) is 64.1 Å². The molecule has 1 aromatic carbocycles. The highest BCUT2D eigenvalue weighted by atomic mass is 16.5. The molecule has 0 unspecified atom stereocenters. The van der Waals surface area contributed by atoms with E-state index in [4.69, 9.17) is 4.74 Å². The molecule has 0 bridgehead atoms. The summed E-state index contributed by atoms with van der Waals surface area (Å²) in [6.07, 6.45) is 3.16. The Labute approximate surface area is 111 Å². The lowest BCUT2D eigenvalue weighted by molar-refractivity contribution is 0.102. The smallest absolute Gasteiger partial charge is 0.258 e. The molecule has 1 N–H and O–H groups in total. The van der Waals surface area contributed by atoms with Crippen molar-refractivity contribution < 1.29 is 9.53 Å². The Morgan fingerprint density at radius 3 is 2.47 bits per heavy atom. The summed E-state index contributed by atoms with van der Waals surface area (Å²) in [5.41, 5.74) is 2.34. The molecule has 5 nitrogen and oxygen atoms in total. The van der Waals surface area contributed by atoms with Gasteiger partial charge < -0.3 is 4.74 Å². The van der Waals surface area contributed by atoms with Crippen molar-refractivity contribution in [2.75, 3.05) is 12.4 Å². The Kier molecular flexibility index (Phi) is 3.75. The van der Waals surface area contributed by atoms with Crippen LogP contribution >= 0.6 is 0 Å². The molecule has 2 rings (SSSR count). The van der Waals surface area contributed by atoms with Gasteiger partial charge in [-0.25, -0.2) is 9.97 Å². The number of aromatic nitrogens is 2. The minimum atomic E-state index is -0.227. The van der Waals surface area contributed by atoms with E-state index >= 15 is 0 Å². The molecule has 5 heteroatoms. The highest BCUT2D eigenvalue weighted by Crippen LogP contribution is 2.22. The van der Waals surface area contributed by atoms with Crippen LogP contribution in [0.5, 0.6) is 5.75 Å². The maximum atomic E-state index is 12.2. The van der Waals surface area contributed by atoms with E-state index in [9.17, 15) is 4.79 Å². The first-order chi connectivity index (χ1) is 9.11. The fourth-order valence-corrected chi connectivity index (χ4v) is 1.79. The second-order valence-electron chi connectivity index (χ2n) is 4.16. The number of carbonyl (C=O) groups excluding carboxylic acids is 1. The molecule has 0 saturated heterocycles. The van der Waals surface area contributed by atoms with Crippen molar-refractivity contribution >= 4 is 11.9 Å². The summed E-state index contributed by atoms with van der Waals surface area (Å²) in [5, 5.41) is 2.66. The molecule has 0 fully saturated rings. The van der Waals surface area contributed by atoms with Crippen molar-refractivity contribution in [1.82, 2.24) is 9.97 Å². The predicted octanol–water partition coefficient (Wildman–Crippen LogP) is 2.35. The van der Waals surface area contributed by atoms with E-state index < -0.39 is 0 Å². The number of carbonyl (C=O) groups is 1. The number of benzene rings is 1. The molecular weight excluding hydrogens is 242 g/mol. The van der Waals surface area contributed by atoms with Gasteiger partial charge in [0.25, 0.3) is 5.91 Å². The van der Waals surface area contributed by atoms with Crippen molar-refractivity contribution in [3.05, 3.63) is 47.3 Å². The van der Waals surface area contributed by atoms with Gasteiger partial charge in [0.05, 0.1) is 7.11 Å². The number of amides is 1. The largest absolute Gasteiger partial charge is 0.496 e. The maximum absolute atomic E-state index is 12.2. The predicted molar refractivity (Wildman–Crippen MR) is 72.5 cm³/mol. The van der Waals surface area contributed by atoms with Crippen LogP contribution in [0.1, 0.15) is 21.5 Å². The van der Waals surface area contributed by atoms with Crippen LogP contribution in [-0.2, 0) is 0 Å². The first-order valence-corrected chi connectivity index (χ1v) is 5.85.